The van der Waals surface area contributed by atoms with Crippen molar-refractivity contribution in [1.82, 2.24) is 15.2 Å². The van der Waals surface area contributed by atoms with E-state index in [2.05, 4.69) is 15.2 Å². The Bertz CT molecular complexity index is 415. The van der Waals surface area contributed by atoms with E-state index in [1.165, 1.54) is 31.2 Å². The van der Waals surface area contributed by atoms with Crippen LogP contribution in [0.2, 0.25) is 5.02 Å². The van der Waals surface area contributed by atoms with Gasteiger partial charge < -0.3 is 5.32 Å². The molecule has 0 radical (unpaired) electrons. The van der Waals surface area contributed by atoms with E-state index in [9.17, 15) is 0 Å². The highest BCUT2D eigenvalue weighted by Gasteiger charge is 2.40. The maximum atomic E-state index is 6.23. The molecule has 18 heavy (non-hydrogen) atoms. The topological polar surface area (TPSA) is 28.2 Å². The van der Waals surface area contributed by atoms with Crippen LogP contribution >= 0.6 is 11.6 Å². The molecule has 0 amide bonds. The molecule has 0 bridgehead atoms. The van der Waals surface area contributed by atoms with Gasteiger partial charge in [-0.25, -0.2) is 0 Å². The van der Waals surface area contributed by atoms with E-state index in [0.29, 0.717) is 5.54 Å². The van der Waals surface area contributed by atoms with Crippen molar-refractivity contribution in [1.29, 1.82) is 0 Å². The molecule has 0 aromatic carbocycles. The van der Waals surface area contributed by atoms with E-state index in [4.69, 9.17) is 11.6 Å². The van der Waals surface area contributed by atoms with Gasteiger partial charge in [-0.3, -0.25) is 9.88 Å². The molecule has 0 unspecified atom stereocenters. The molecule has 98 valence electrons. The number of pyridine rings is 1. The second-order valence-electron chi connectivity index (χ2n) is 5.50. The fourth-order valence-electron chi connectivity index (χ4n) is 3.39. The highest BCUT2D eigenvalue weighted by atomic mass is 35.5. The number of rotatable bonds is 2. The van der Waals surface area contributed by atoms with Crippen LogP contribution in [0.3, 0.4) is 0 Å². The summed E-state index contributed by atoms with van der Waals surface area (Å²) in [7, 11) is 0. The molecule has 3 nitrogen and oxygen atoms in total. The highest BCUT2D eigenvalue weighted by Crippen LogP contribution is 2.37. The summed E-state index contributed by atoms with van der Waals surface area (Å²) in [6.07, 6.45) is 8.96. The zero-order chi connectivity index (χ0) is 12.4. The SMILES string of the molecule is Clc1cnccc1CN1CCNCC12CCCC2. The van der Waals surface area contributed by atoms with E-state index in [-0.39, 0.29) is 0 Å². The minimum atomic E-state index is 0.380. The molecule has 4 heteroatoms. The number of hydrogen-bond acceptors (Lipinski definition) is 3. The fraction of sp³-hybridized carbons (Fsp3) is 0.643. The zero-order valence-electron chi connectivity index (χ0n) is 10.7. The molecule has 1 aromatic rings. The molecule has 2 fully saturated rings. The van der Waals surface area contributed by atoms with Gasteiger partial charge in [-0.1, -0.05) is 24.4 Å². The summed E-state index contributed by atoms with van der Waals surface area (Å²) in [4.78, 5) is 6.70. The Morgan fingerprint density at radius 1 is 1.39 bits per heavy atom. The first-order valence-electron chi connectivity index (χ1n) is 6.84. The van der Waals surface area contributed by atoms with E-state index in [1.54, 1.807) is 6.20 Å². The monoisotopic (exact) mass is 265 g/mol. The van der Waals surface area contributed by atoms with Gasteiger partial charge >= 0.3 is 0 Å². The number of halogens is 1. The van der Waals surface area contributed by atoms with Gasteiger partial charge in [0.25, 0.3) is 0 Å². The molecule has 1 saturated carbocycles. The molecule has 2 aliphatic rings. The third kappa shape index (κ3) is 2.27. The molecule has 1 aliphatic carbocycles. The van der Waals surface area contributed by atoms with Crippen molar-refractivity contribution in [2.75, 3.05) is 19.6 Å². The number of nitrogens with one attached hydrogen (secondary N) is 1. The van der Waals surface area contributed by atoms with Gasteiger partial charge in [-0.05, 0) is 24.5 Å². The molecule has 2 heterocycles. The van der Waals surface area contributed by atoms with Crippen LogP contribution < -0.4 is 5.32 Å². The van der Waals surface area contributed by atoms with Crippen molar-refractivity contribution < 1.29 is 0 Å². The van der Waals surface area contributed by atoms with Gasteiger partial charge in [0.15, 0.2) is 0 Å². The van der Waals surface area contributed by atoms with Crippen molar-refractivity contribution in [3.8, 4) is 0 Å². The van der Waals surface area contributed by atoms with Crippen molar-refractivity contribution in [3.63, 3.8) is 0 Å². The van der Waals surface area contributed by atoms with Crippen molar-refractivity contribution >= 4 is 11.6 Å². The van der Waals surface area contributed by atoms with Crippen LogP contribution in [-0.2, 0) is 6.54 Å². The highest BCUT2D eigenvalue weighted by molar-refractivity contribution is 6.31. The fourth-order valence-corrected chi connectivity index (χ4v) is 3.57. The first-order valence-corrected chi connectivity index (χ1v) is 7.22. The normalized spacial score (nSPS) is 23.6. The summed E-state index contributed by atoms with van der Waals surface area (Å²) in [5, 5.41) is 4.36. The minimum absolute atomic E-state index is 0.380. The maximum absolute atomic E-state index is 6.23. The predicted molar refractivity (Wildman–Crippen MR) is 73.7 cm³/mol. The first kappa shape index (κ1) is 12.4. The van der Waals surface area contributed by atoms with Crippen molar-refractivity contribution in [2.24, 2.45) is 0 Å². The summed E-state index contributed by atoms with van der Waals surface area (Å²) in [6, 6.07) is 2.05. The molecule has 1 aromatic heterocycles. The lowest BCUT2D eigenvalue weighted by Gasteiger charge is -2.45. The summed E-state index contributed by atoms with van der Waals surface area (Å²) in [5.74, 6) is 0. The lowest BCUT2D eigenvalue weighted by atomic mass is 9.92. The maximum Gasteiger partial charge on any atom is 0.0634 e. The third-order valence-corrected chi connectivity index (χ3v) is 4.78. The van der Waals surface area contributed by atoms with Crippen molar-refractivity contribution in [2.45, 2.75) is 37.8 Å². The van der Waals surface area contributed by atoms with Gasteiger partial charge in [0.05, 0.1) is 5.02 Å². The molecule has 1 aliphatic heterocycles. The molecule has 1 saturated heterocycles. The lowest BCUT2D eigenvalue weighted by molar-refractivity contribution is 0.0573. The number of piperazine rings is 1. The van der Waals surface area contributed by atoms with Crippen LogP contribution in [0.15, 0.2) is 18.5 Å². The Morgan fingerprint density at radius 3 is 3.00 bits per heavy atom. The van der Waals surface area contributed by atoms with Gasteiger partial charge in [-0.15, -0.1) is 0 Å². The quantitative estimate of drug-likeness (QED) is 0.890. The van der Waals surface area contributed by atoms with Crippen LogP contribution in [0.4, 0.5) is 0 Å². The Labute approximate surface area is 114 Å². The Morgan fingerprint density at radius 2 is 2.22 bits per heavy atom. The van der Waals surface area contributed by atoms with Crippen LogP contribution in [-0.4, -0.2) is 35.1 Å². The second kappa shape index (κ2) is 5.16. The smallest absolute Gasteiger partial charge is 0.0634 e. The Balaban J connectivity index is 1.80. The van der Waals surface area contributed by atoms with Gasteiger partial charge in [0, 0.05) is 44.1 Å². The number of hydrogen-bond donors (Lipinski definition) is 1. The van der Waals surface area contributed by atoms with Crippen LogP contribution in [0.5, 0.6) is 0 Å². The Kier molecular flexibility index (Phi) is 3.55. The average Bonchev–Trinajstić information content (AvgIpc) is 2.84. The summed E-state index contributed by atoms with van der Waals surface area (Å²) in [6.45, 7) is 4.31. The molecular formula is C14H20ClN3. The first-order chi connectivity index (χ1) is 8.80. The molecule has 1 N–H and O–H groups in total. The molecular weight excluding hydrogens is 246 g/mol. The van der Waals surface area contributed by atoms with Crippen LogP contribution in [0.25, 0.3) is 0 Å². The van der Waals surface area contributed by atoms with E-state index in [1.807, 2.05) is 12.3 Å². The second-order valence-corrected chi connectivity index (χ2v) is 5.90. The number of nitrogens with zero attached hydrogens (tertiary/aromatic N) is 2. The summed E-state index contributed by atoms with van der Waals surface area (Å²) >= 11 is 6.23. The van der Waals surface area contributed by atoms with Gasteiger partial charge in [0.1, 0.15) is 0 Å². The standard InChI is InChI=1S/C14H20ClN3/c15-13-9-16-6-3-12(13)10-18-8-7-17-11-14(18)4-1-2-5-14/h3,6,9,17H,1-2,4-5,7-8,10-11H2. The molecule has 3 rings (SSSR count). The minimum Gasteiger partial charge on any atom is -0.314 e. The molecule has 1 spiro atoms. The van der Waals surface area contributed by atoms with Crippen LogP contribution in [0.1, 0.15) is 31.2 Å². The largest absolute Gasteiger partial charge is 0.314 e. The van der Waals surface area contributed by atoms with E-state index < -0.39 is 0 Å². The van der Waals surface area contributed by atoms with Gasteiger partial charge in [-0.2, -0.15) is 0 Å². The third-order valence-electron chi connectivity index (χ3n) is 4.44. The lowest BCUT2D eigenvalue weighted by Crippen LogP contribution is -2.59. The molecule has 0 atom stereocenters. The van der Waals surface area contributed by atoms with E-state index >= 15 is 0 Å². The average molecular weight is 266 g/mol. The Hall–Kier alpha value is -0.640. The predicted octanol–water partition coefficient (Wildman–Crippen LogP) is 2.45. The van der Waals surface area contributed by atoms with E-state index in [0.717, 1.165) is 31.2 Å². The summed E-state index contributed by atoms with van der Waals surface area (Å²) in [5.41, 5.74) is 1.59. The van der Waals surface area contributed by atoms with Crippen molar-refractivity contribution in [3.05, 3.63) is 29.0 Å². The van der Waals surface area contributed by atoms with Crippen LogP contribution in [0, 0.1) is 0 Å². The summed E-state index contributed by atoms with van der Waals surface area (Å²) < 4.78 is 0. The number of aromatic nitrogens is 1. The van der Waals surface area contributed by atoms with Gasteiger partial charge in [0.2, 0.25) is 0 Å². The zero-order valence-corrected chi connectivity index (χ0v) is 11.4.